The topological polar surface area (TPSA) is 77.9 Å². The number of methoxy groups -OCH3 is 2. The maximum atomic E-state index is 12.2. The molecule has 0 unspecified atom stereocenters. The summed E-state index contributed by atoms with van der Waals surface area (Å²) < 4.78 is 15.3. The molecule has 102 valence electrons. The van der Waals surface area contributed by atoms with E-state index in [-0.39, 0.29) is 12.5 Å². The number of amides is 1. The molecule has 0 radical (unpaired) electrons. The minimum absolute atomic E-state index is 0.177. The van der Waals surface area contributed by atoms with Gasteiger partial charge in [0.05, 0.1) is 19.8 Å². The second-order valence-corrected chi connectivity index (χ2v) is 3.75. The van der Waals surface area contributed by atoms with Crippen LogP contribution < -0.4 is 5.73 Å². The standard InChI is InChI=1S/C12H20N2O4/c1-16-7-5-14(6-8-17-2)12(15)11-4-3-10(9-13)18-11/h3-4H,5-9,13H2,1-2H3. The molecule has 1 amide bonds. The first-order valence-corrected chi connectivity index (χ1v) is 5.78. The van der Waals surface area contributed by atoms with Crippen molar-refractivity contribution in [1.29, 1.82) is 0 Å². The predicted octanol–water partition coefficient (Wildman–Crippen LogP) is 0.473. The van der Waals surface area contributed by atoms with Crippen molar-refractivity contribution in [3.63, 3.8) is 0 Å². The maximum Gasteiger partial charge on any atom is 0.289 e. The summed E-state index contributed by atoms with van der Waals surface area (Å²) in [6.07, 6.45) is 0. The van der Waals surface area contributed by atoms with Crippen LogP contribution >= 0.6 is 0 Å². The van der Waals surface area contributed by atoms with Crippen LogP contribution in [0.2, 0.25) is 0 Å². The van der Waals surface area contributed by atoms with Crippen molar-refractivity contribution in [3.05, 3.63) is 23.7 Å². The van der Waals surface area contributed by atoms with Gasteiger partial charge in [-0.25, -0.2) is 0 Å². The monoisotopic (exact) mass is 256 g/mol. The average molecular weight is 256 g/mol. The molecule has 0 bridgehead atoms. The Kier molecular flexibility index (Phi) is 6.42. The van der Waals surface area contributed by atoms with E-state index in [1.54, 1.807) is 31.3 Å². The third kappa shape index (κ3) is 4.14. The van der Waals surface area contributed by atoms with E-state index in [9.17, 15) is 4.79 Å². The van der Waals surface area contributed by atoms with Crippen LogP contribution in [0.25, 0.3) is 0 Å². The first kappa shape index (κ1) is 14.7. The number of carbonyl (C=O) groups is 1. The minimum Gasteiger partial charge on any atom is -0.455 e. The highest BCUT2D eigenvalue weighted by atomic mass is 16.5. The highest BCUT2D eigenvalue weighted by molar-refractivity contribution is 5.91. The molecule has 0 saturated heterocycles. The molecule has 0 aromatic carbocycles. The van der Waals surface area contributed by atoms with Crippen LogP contribution in [0, 0.1) is 0 Å². The largest absolute Gasteiger partial charge is 0.455 e. The van der Waals surface area contributed by atoms with E-state index in [2.05, 4.69) is 0 Å². The van der Waals surface area contributed by atoms with Gasteiger partial charge in [-0.15, -0.1) is 0 Å². The highest BCUT2D eigenvalue weighted by Crippen LogP contribution is 2.10. The summed E-state index contributed by atoms with van der Waals surface area (Å²) in [7, 11) is 3.19. The Bertz CT molecular complexity index is 357. The molecule has 0 spiro atoms. The molecule has 2 N–H and O–H groups in total. The van der Waals surface area contributed by atoms with Crippen molar-refractivity contribution < 1.29 is 18.7 Å². The molecule has 6 heteroatoms. The number of furan rings is 1. The summed E-state index contributed by atoms with van der Waals surface area (Å²) in [5, 5.41) is 0. The van der Waals surface area contributed by atoms with Gasteiger partial charge < -0.3 is 24.5 Å². The van der Waals surface area contributed by atoms with E-state index in [1.165, 1.54) is 0 Å². The first-order chi connectivity index (χ1) is 8.72. The fourth-order valence-corrected chi connectivity index (χ4v) is 1.48. The highest BCUT2D eigenvalue weighted by Gasteiger charge is 2.18. The second kappa shape index (κ2) is 7.86. The SMILES string of the molecule is COCCN(CCOC)C(=O)c1ccc(CN)o1. The van der Waals surface area contributed by atoms with Crippen LogP contribution in [-0.2, 0) is 16.0 Å². The van der Waals surface area contributed by atoms with Crippen LogP contribution in [0.15, 0.2) is 16.5 Å². The zero-order chi connectivity index (χ0) is 13.4. The summed E-state index contributed by atoms with van der Waals surface area (Å²) in [5.41, 5.74) is 5.44. The van der Waals surface area contributed by atoms with Crippen LogP contribution in [0.3, 0.4) is 0 Å². The Morgan fingerprint density at radius 3 is 2.33 bits per heavy atom. The van der Waals surface area contributed by atoms with Gasteiger partial charge in [0.15, 0.2) is 5.76 Å². The fourth-order valence-electron chi connectivity index (χ4n) is 1.48. The predicted molar refractivity (Wildman–Crippen MR) is 66.3 cm³/mol. The molecular weight excluding hydrogens is 236 g/mol. The molecule has 18 heavy (non-hydrogen) atoms. The average Bonchev–Trinajstić information content (AvgIpc) is 2.87. The lowest BCUT2D eigenvalue weighted by Gasteiger charge is -2.20. The van der Waals surface area contributed by atoms with Crippen molar-refractivity contribution in [2.45, 2.75) is 6.54 Å². The van der Waals surface area contributed by atoms with Crippen LogP contribution in [-0.4, -0.2) is 51.3 Å². The van der Waals surface area contributed by atoms with Gasteiger partial charge in [0.25, 0.3) is 5.91 Å². The quantitative estimate of drug-likeness (QED) is 0.731. The molecular formula is C12H20N2O4. The second-order valence-electron chi connectivity index (χ2n) is 3.75. The number of ether oxygens (including phenoxy) is 2. The van der Waals surface area contributed by atoms with Gasteiger partial charge in [-0.1, -0.05) is 0 Å². The summed E-state index contributed by atoms with van der Waals surface area (Å²) in [4.78, 5) is 13.8. The van der Waals surface area contributed by atoms with Gasteiger partial charge in [0.1, 0.15) is 5.76 Å². The van der Waals surface area contributed by atoms with Gasteiger partial charge in [0.2, 0.25) is 0 Å². The Hall–Kier alpha value is -1.37. The summed E-state index contributed by atoms with van der Waals surface area (Å²) in [6, 6.07) is 3.34. The van der Waals surface area contributed by atoms with Crippen molar-refractivity contribution in [3.8, 4) is 0 Å². The number of nitrogens with two attached hydrogens (primary N) is 1. The van der Waals surface area contributed by atoms with E-state index in [4.69, 9.17) is 19.6 Å². The Labute approximate surface area is 107 Å². The van der Waals surface area contributed by atoms with E-state index >= 15 is 0 Å². The van der Waals surface area contributed by atoms with Crippen molar-refractivity contribution in [2.75, 3.05) is 40.5 Å². The molecule has 1 aromatic rings. The van der Waals surface area contributed by atoms with Crippen molar-refractivity contribution in [2.24, 2.45) is 5.73 Å². The normalized spacial score (nSPS) is 10.6. The smallest absolute Gasteiger partial charge is 0.289 e. The molecule has 1 heterocycles. The van der Waals surface area contributed by atoms with Crippen molar-refractivity contribution >= 4 is 5.91 Å². The van der Waals surface area contributed by atoms with Crippen LogP contribution in [0.4, 0.5) is 0 Å². The summed E-state index contributed by atoms with van der Waals surface area (Å²) >= 11 is 0. The molecule has 0 aliphatic heterocycles. The molecule has 0 aliphatic rings. The summed E-state index contributed by atoms with van der Waals surface area (Å²) in [6.45, 7) is 2.22. The third-order valence-corrected chi connectivity index (χ3v) is 2.49. The summed E-state index contributed by atoms with van der Waals surface area (Å²) in [5.74, 6) is 0.711. The number of carbonyl (C=O) groups excluding carboxylic acids is 1. The number of nitrogens with zero attached hydrogens (tertiary/aromatic N) is 1. The van der Waals surface area contributed by atoms with Crippen LogP contribution in [0.5, 0.6) is 0 Å². The molecule has 0 fully saturated rings. The minimum atomic E-state index is -0.177. The maximum absolute atomic E-state index is 12.2. The number of hydrogen-bond acceptors (Lipinski definition) is 5. The molecule has 0 saturated carbocycles. The van der Waals surface area contributed by atoms with E-state index in [0.29, 0.717) is 37.8 Å². The number of hydrogen-bond donors (Lipinski definition) is 1. The Morgan fingerprint density at radius 1 is 1.28 bits per heavy atom. The lowest BCUT2D eigenvalue weighted by atomic mass is 10.3. The van der Waals surface area contributed by atoms with Gasteiger partial charge in [-0.2, -0.15) is 0 Å². The zero-order valence-electron chi connectivity index (χ0n) is 10.8. The molecule has 0 atom stereocenters. The molecule has 6 nitrogen and oxygen atoms in total. The van der Waals surface area contributed by atoms with Gasteiger partial charge in [0, 0.05) is 27.3 Å². The van der Waals surface area contributed by atoms with Gasteiger partial charge in [-0.3, -0.25) is 4.79 Å². The Balaban J connectivity index is 2.67. The van der Waals surface area contributed by atoms with E-state index < -0.39 is 0 Å². The van der Waals surface area contributed by atoms with Gasteiger partial charge >= 0.3 is 0 Å². The fraction of sp³-hybridized carbons (Fsp3) is 0.583. The Morgan fingerprint density at radius 2 is 1.89 bits per heavy atom. The first-order valence-electron chi connectivity index (χ1n) is 5.78. The van der Waals surface area contributed by atoms with E-state index in [1.807, 2.05) is 0 Å². The van der Waals surface area contributed by atoms with Crippen molar-refractivity contribution in [1.82, 2.24) is 4.90 Å². The number of rotatable bonds is 8. The molecule has 0 aliphatic carbocycles. The zero-order valence-corrected chi connectivity index (χ0v) is 10.8. The van der Waals surface area contributed by atoms with E-state index in [0.717, 1.165) is 0 Å². The molecule has 1 rings (SSSR count). The third-order valence-electron chi connectivity index (χ3n) is 2.49. The lowest BCUT2D eigenvalue weighted by molar-refractivity contribution is 0.0596. The van der Waals surface area contributed by atoms with Crippen LogP contribution in [0.1, 0.15) is 16.3 Å². The lowest BCUT2D eigenvalue weighted by Crippen LogP contribution is -2.36. The molecule has 1 aromatic heterocycles. The van der Waals surface area contributed by atoms with Gasteiger partial charge in [-0.05, 0) is 12.1 Å².